The van der Waals surface area contributed by atoms with Crippen LogP contribution in [0.2, 0.25) is 0 Å². The van der Waals surface area contributed by atoms with Crippen LogP contribution < -0.4 is 10.1 Å². The Hall–Kier alpha value is -2.40. The van der Waals surface area contributed by atoms with Crippen molar-refractivity contribution in [1.29, 1.82) is 0 Å². The number of nitrogens with one attached hydrogen (secondary N) is 1. The predicted octanol–water partition coefficient (Wildman–Crippen LogP) is 4.48. The summed E-state index contributed by atoms with van der Waals surface area (Å²) in [7, 11) is 0. The lowest BCUT2D eigenvalue weighted by Gasteiger charge is -2.29. The standard InChI is InChI=1S/C22H26N2O2S/c1-16-6-7-17(2)20(14-16)23-21(25)15-26-19-10-8-18(9-11-19)22(27)24-12-4-3-5-13-24/h6-11,14H,3-5,12-13,15H2,1-2H3,(H,23,25). The van der Waals surface area contributed by atoms with Gasteiger partial charge in [-0.05, 0) is 74.6 Å². The molecule has 2 aromatic carbocycles. The van der Waals surface area contributed by atoms with Crippen LogP contribution in [-0.2, 0) is 4.79 Å². The predicted molar refractivity (Wildman–Crippen MR) is 114 cm³/mol. The van der Waals surface area contributed by atoms with Gasteiger partial charge in [0.15, 0.2) is 6.61 Å². The maximum absolute atomic E-state index is 12.2. The van der Waals surface area contributed by atoms with E-state index in [9.17, 15) is 4.79 Å². The van der Waals surface area contributed by atoms with E-state index in [-0.39, 0.29) is 12.5 Å². The quantitative estimate of drug-likeness (QED) is 0.774. The van der Waals surface area contributed by atoms with Crippen molar-refractivity contribution in [1.82, 2.24) is 4.90 Å². The van der Waals surface area contributed by atoms with Gasteiger partial charge in [-0.1, -0.05) is 24.4 Å². The molecule has 1 aliphatic heterocycles. The first-order valence-corrected chi connectivity index (χ1v) is 9.83. The number of carbonyl (C=O) groups excluding carboxylic acids is 1. The van der Waals surface area contributed by atoms with Crippen molar-refractivity contribution in [2.24, 2.45) is 0 Å². The van der Waals surface area contributed by atoms with Crippen LogP contribution in [0.4, 0.5) is 5.69 Å². The minimum absolute atomic E-state index is 0.0245. The maximum atomic E-state index is 12.2. The van der Waals surface area contributed by atoms with Gasteiger partial charge in [0.05, 0.1) is 0 Å². The number of nitrogens with zero attached hydrogens (tertiary/aromatic N) is 1. The van der Waals surface area contributed by atoms with Crippen LogP contribution in [0.1, 0.15) is 36.0 Å². The van der Waals surface area contributed by atoms with Crippen LogP contribution in [0.25, 0.3) is 0 Å². The normalized spacial score (nSPS) is 13.9. The third-order valence-electron chi connectivity index (χ3n) is 4.78. The first-order valence-electron chi connectivity index (χ1n) is 9.42. The summed E-state index contributed by atoms with van der Waals surface area (Å²) in [6.45, 7) is 6.02. The fraction of sp³-hybridized carbons (Fsp3) is 0.364. The highest BCUT2D eigenvalue weighted by Crippen LogP contribution is 2.18. The lowest BCUT2D eigenvalue weighted by Crippen LogP contribution is -2.34. The van der Waals surface area contributed by atoms with Crippen LogP contribution in [0.15, 0.2) is 42.5 Å². The van der Waals surface area contributed by atoms with Crippen LogP contribution in [0, 0.1) is 13.8 Å². The minimum atomic E-state index is -0.170. The van der Waals surface area contributed by atoms with Crippen molar-refractivity contribution in [2.45, 2.75) is 33.1 Å². The second-order valence-corrected chi connectivity index (χ2v) is 7.42. The van der Waals surface area contributed by atoms with Crippen LogP contribution in [-0.4, -0.2) is 35.5 Å². The van der Waals surface area contributed by atoms with Gasteiger partial charge in [-0.25, -0.2) is 0 Å². The van der Waals surface area contributed by atoms with Gasteiger partial charge in [0.2, 0.25) is 0 Å². The summed E-state index contributed by atoms with van der Waals surface area (Å²) in [5.74, 6) is 0.493. The zero-order chi connectivity index (χ0) is 19.2. The Balaban J connectivity index is 1.53. The fourth-order valence-corrected chi connectivity index (χ4v) is 3.50. The molecule has 3 rings (SSSR count). The van der Waals surface area contributed by atoms with E-state index in [1.807, 2.05) is 56.3 Å². The van der Waals surface area contributed by atoms with Crippen LogP contribution >= 0.6 is 12.2 Å². The number of hydrogen-bond donors (Lipinski definition) is 1. The van der Waals surface area contributed by atoms with E-state index in [1.54, 1.807) is 0 Å². The molecule has 5 heteroatoms. The maximum Gasteiger partial charge on any atom is 0.262 e. The molecule has 1 N–H and O–H groups in total. The van der Waals surface area contributed by atoms with Crippen LogP contribution in [0.3, 0.4) is 0 Å². The first-order chi connectivity index (χ1) is 13.0. The van der Waals surface area contributed by atoms with Gasteiger partial charge in [-0.3, -0.25) is 4.79 Å². The largest absolute Gasteiger partial charge is 0.484 e. The number of ether oxygens (including phenoxy) is 1. The van der Waals surface area contributed by atoms with Crippen molar-refractivity contribution in [3.05, 3.63) is 59.2 Å². The number of piperidine rings is 1. The van der Waals surface area contributed by atoms with E-state index in [0.717, 1.165) is 40.5 Å². The summed E-state index contributed by atoms with van der Waals surface area (Å²) < 4.78 is 5.62. The molecule has 4 nitrogen and oxygen atoms in total. The monoisotopic (exact) mass is 382 g/mol. The average molecular weight is 383 g/mol. The van der Waals surface area contributed by atoms with Gasteiger partial charge >= 0.3 is 0 Å². The number of benzene rings is 2. The van der Waals surface area contributed by atoms with E-state index in [4.69, 9.17) is 17.0 Å². The Morgan fingerprint density at radius 2 is 1.78 bits per heavy atom. The molecule has 1 saturated heterocycles. The van der Waals surface area contributed by atoms with E-state index < -0.39 is 0 Å². The molecule has 1 heterocycles. The Kier molecular flexibility index (Phi) is 6.45. The summed E-state index contributed by atoms with van der Waals surface area (Å²) in [6.07, 6.45) is 3.70. The number of aryl methyl sites for hydroxylation is 2. The lowest BCUT2D eigenvalue weighted by molar-refractivity contribution is -0.118. The molecule has 0 unspecified atom stereocenters. The number of rotatable bonds is 5. The molecule has 1 fully saturated rings. The molecule has 27 heavy (non-hydrogen) atoms. The number of hydrogen-bond acceptors (Lipinski definition) is 3. The van der Waals surface area contributed by atoms with Gasteiger partial charge < -0.3 is 15.0 Å². The first kappa shape index (κ1) is 19.4. The van der Waals surface area contributed by atoms with Crippen molar-refractivity contribution < 1.29 is 9.53 Å². The Bertz CT molecular complexity index is 812. The summed E-state index contributed by atoms with van der Waals surface area (Å²) in [4.78, 5) is 15.3. The summed E-state index contributed by atoms with van der Waals surface area (Å²) in [6, 6.07) is 13.7. The molecular formula is C22H26N2O2S. The third-order valence-corrected chi connectivity index (χ3v) is 5.28. The summed E-state index contributed by atoms with van der Waals surface area (Å²) in [5, 5.41) is 2.90. The van der Waals surface area contributed by atoms with Crippen molar-refractivity contribution in [2.75, 3.05) is 25.0 Å². The molecule has 0 aliphatic carbocycles. The van der Waals surface area contributed by atoms with Crippen molar-refractivity contribution in [3.8, 4) is 5.75 Å². The highest BCUT2D eigenvalue weighted by molar-refractivity contribution is 7.80. The molecule has 1 aliphatic rings. The second kappa shape index (κ2) is 9.00. The Morgan fingerprint density at radius 1 is 1.07 bits per heavy atom. The fourth-order valence-electron chi connectivity index (χ4n) is 3.18. The molecule has 1 amide bonds. The van der Waals surface area contributed by atoms with E-state index in [2.05, 4.69) is 10.2 Å². The Labute approximate surface area is 166 Å². The molecule has 2 aromatic rings. The highest BCUT2D eigenvalue weighted by atomic mass is 32.1. The molecule has 0 bridgehead atoms. The molecule has 0 saturated carbocycles. The van der Waals surface area contributed by atoms with E-state index >= 15 is 0 Å². The lowest BCUT2D eigenvalue weighted by atomic mass is 10.1. The topological polar surface area (TPSA) is 41.6 Å². The molecular weight excluding hydrogens is 356 g/mol. The second-order valence-electron chi connectivity index (χ2n) is 7.03. The third kappa shape index (κ3) is 5.30. The highest BCUT2D eigenvalue weighted by Gasteiger charge is 2.15. The molecule has 142 valence electrons. The van der Waals surface area contributed by atoms with Gasteiger partial charge in [0.1, 0.15) is 10.7 Å². The minimum Gasteiger partial charge on any atom is -0.484 e. The SMILES string of the molecule is Cc1ccc(C)c(NC(=O)COc2ccc(C(=S)N3CCCCC3)cc2)c1. The Morgan fingerprint density at radius 3 is 2.48 bits per heavy atom. The van der Waals surface area contributed by atoms with Crippen LogP contribution in [0.5, 0.6) is 5.75 Å². The molecule has 0 atom stereocenters. The number of amides is 1. The zero-order valence-corrected chi connectivity index (χ0v) is 16.8. The van der Waals surface area contributed by atoms with E-state index in [0.29, 0.717) is 5.75 Å². The summed E-state index contributed by atoms with van der Waals surface area (Å²) in [5.41, 5.74) is 3.99. The number of anilines is 1. The number of carbonyl (C=O) groups is 1. The van der Waals surface area contributed by atoms with Gasteiger partial charge in [-0.2, -0.15) is 0 Å². The van der Waals surface area contributed by atoms with Crippen molar-refractivity contribution in [3.63, 3.8) is 0 Å². The van der Waals surface area contributed by atoms with Gasteiger partial charge in [0, 0.05) is 24.3 Å². The smallest absolute Gasteiger partial charge is 0.262 e. The number of thiocarbonyl (C=S) groups is 1. The molecule has 0 aromatic heterocycles. The van der Waals surface area contributed by atoms with Gasteiger partial charge in [-0.15, -0.1) is 0 Å². The number of likely N-dealkylation sites (tertiary alicyclic amines) is 1. The zero-order valence-electron chi connectivity index (χ0n) is 16.0. The van der Waals surface area contributed by atoms with E-state index in [1.165, 1.54) is 19.3 Å². The van der Waals surface area contributed by atoms with Crippen molar-refractivity contribution >= 4 is 28.8 Å². The molecule has 0 radical (unpaired) electrons. The summed E-state index contributed by atoms with van der Waals surface area (Å²) >= 11 is 5.61. The van der Waals surface area contributed by atoms with Gasteiger partial charge in [0.25, 0.3) is 5.91 Å². The average Bonchev–Trinajstić information content (AvgIpc) is 2.70. The molecule has 0 spiro atoms.